The molecule has 1 aliphatic heterocycles. The lowest BCUT2D eigenvalue weighted by Gasteiger charge is -2.38. The van der Waals surface area contributed by atoms with Gasteiger partial charge in [0.2, 0.25) is 0 Å². The van der Waals surface area contributed by atoms with Gasteiger partial charge < -0.3 is 15.4 Å². The van der Waals surface area contributed by atoms with E-state index < -0.39 is 0 Å². The van der Waals surface area contributed by atoms with Gasteiger partial charge in [-0.1, -0.05) is 0 Å². The van der Waals surface area contributed by atoms with Crippen LogP contribution < -0.4 is 5.73 Å². The summed E-state index contributed by atoms with van der Waals surface area (Å²) in [7, 11) is 0. The van der Waals surface area contributed by atoms with Crippen molar-refractivity contribution in [2.75, 3.05) is 25.4 Å². The Bertz CT molecular complexity index is 801. The molecule has 24 heavy (non-hydrogen) atoms. The van der Waals surface area contributed by atoms with Gasteiger partial charge >= 0.3 is 0 Å². The molecule has 0 radical (unpaired) electrons. The molecule has 1 fully saturated rings. The van der Waals surface area contributed by atoms with E-state index in [0.29, 0.717) is 36.5 Å². The Labute approximate surface area is 140 Å². The molecule has 1 aromatic heterocycles. The van der Waals surface area contributed by atoms with Crippen molar-refractivity contribution in [1.29, 1.82) is 5.26 Å². The minimum atomic E-state index is -0.328. The number of benzene rings is 1. The summed E-state index contributed by atoms with van der Waals surface area (Å²) in [6, 6.07) is 9.01. The summed E-state index contributed by atoms with van der Waals surface area (Å²) < 4.78 is 7.12. The summed E-state index contributed by atoms with van der Waals surface area (Å²) in [6.07, 6.45) is 1.42. The first-order valence-electron chi connectivity index (χ1n) is 7.68. The maximum Gasteiger partial charge on any atom is 0.254 e. The molecule has 0 spiro atoms. The number of ether oxygens (including phenoxy) is 1. The van der Waals surface area contributed by atoms with Crippen molar-refractivity contribution < 1.29 is 9.53 Å². The monoisotopic (exact) mass is 325 g/mol. The topological polar surface area (TPSA) is 97.2 Å². The molecule has 0 unspecified atom stereocenters. The molecule has 3 rings (SSSR count). The molecule has 1 amide bonds. The van der Waals surface area contributed by atoms with Gasteiger partial charge in [-0.05, 0) is 38.1 Å². The lowest BCUT2D eigenvalue weighted by molar-refractivity contribution is -0.0764. The van der Waals surface area contributed by atoms with Gasteiger partial charge in [-0.15, -0.1) is 0 Å². The van der Waals surface area contributed by atoms with Gasteiger partial charge in [-0.3, -0.25) is 4.79 Å². The third kappa shape index (κ3) is 2.96. The van der Waals surface area contributed by atoms with Crippen LogP contribution in [0.4, 0.5) is 5.82 Å². The smallest absolute Gasteiger partial charge is 0.254 e. The number of carbonyl (C=O) groups is 1. The highest BCUT2D eigenvalue weighted by molar-refractivity contribution is 5.94. The molecule has 0 atom stereocenters. The second kappa shape index (κ2) is 5.98. The van der Waals surface area contributed by atoms with Crippen LogP contribution in [0.15, 0.2) is 30.5 Å². The third-order valence-electron chi connectivity index (χ3n) is 4.00. The average Bonchev–Trinajstić information content (AvgIpc) is 2.94. The van der Waals surface area contributed by atoms with Crippen molar-refractivity contribution >= 4 is 11.7 Å². The first-order chi connectivity index (χ1) is 11.4. The van der Waals surface area contributed by atoms with Crippen LogP contribution in [0.2, 0.25) is 0 Å². The Morgan fingerprint density at radius 3 is 2.67 bits per heavy atom. The standard InChI is InChI=1S/C17H19N5O2/c1-17(2)11-21(7-8-24-17)16(23)12-3-5-14(6-4-12)22-15(19)13(9-18)10-20-22/h3-6,10H,7-8,11,19H2,1-2H3. The summed E-state index contributed by atoms with van der Waals surface area (Å²) in [6.45, 7) is 5.63. The lowest BCUT2D eigenvalue weighted by atomic mass is 10.1. The number of nitriles is 1. The summed E-state index contributed by atoms with van der Waals surface area (Å²) in [4.78, 5) is 14.4. The Kier molecular flexibility index (Phi) is 3.99. The zero-order valence-corrected chi connectivity index (χ0v) is 13.7. The van der Waals surface area contributed by atoms with Crippen LogP contribution in [-0.4, -0.2) is 45.9 Å². The summed E-state index contributed by atoms with van der Waals surface area (Å²) in [5.41, 5.74) is 7.18. The molecule has 7 heteroatoms. The number of aromatic nitrogens is 2. The van der Waals surface area contributed by atoms with Gasteiger partial charge in [0.05, 0.1) is 24.1 Å². The molecule has 7 nitrogen and oxygen atoms in total. The molecule has 1 saturated heterocycles. The maximum atomic E-state index is 12.6. The SMILES string of the molecule is CC1(C)CN(C(=O)c2ccc(-n3ncc(C#N)c3N)cc2)CCO1. The van der Waals surface area contributed by atoms with E-state index in [4.69, 9.17) is 15.7 Å². The summed E-state index contributed by atoms with van der Waals surface area (Å²) in [5.74, 6) is 0.260. The number of hydrogen-bond donors (Lipinski definition) is 1. The molecular formula is C17H19N5O2. The second-order valence-electron chi connectivity index (χ2n) is 6.35. The van der Waals surface area contributed by atoms with Gasteiger partial charge in [-0.25, -0.2) is 4.68 Å². The Balaban J connectivity index is 1.80. The van der Waals surface area contributed by atoms with Gasteiger partial charge in [0.25, 0.3) is 5.91 Å². The third-order valence-corrected chi connectivity index (χ3v) is 4.00. The number of nitrogen functional groups attached to an aromatic ring is 1. The first-order valence-corrected chi connectivity index (χ1v) is 7.68. The predicted octanol–water partition coefficient (Wildman–Crippen LogP) is 1.58. The highest BCUT2D eigenvalue weighted by atomic mass is 16.5. The van der Waals surface area contributed by atoms with Crippen LogP contribution >= 0.6 is 0 Å². The van der Waals surface area contributed by atoms with E-state index in [1.807, 2.05) is 19.9 Å². The van der Waals surface area contributed by atoms with E-state index >= 15 is 0 Å². The molecule has 2 heterocycles. The number of anilines is 1. The number of amides is 1. The molecular weight excluding hydrogens is 306 g/mol. The number of rotatable bonds is 2. The number of morpholine rings is 1. The number of nitrogens with zero attached hydrogens (tertiary/aromatic N) is 4. The largest absolute Gasteiger partial charge is 0.382 e. The van der Waals surface area contributed by atoms with Crippen molar-refractivity contribution in [2.24, 2.45) is 0 Å². The zero-order valence-electron chi connectivity index (χ0n) is 13.7. The number of carbonyl (C=O) groups excluding carboxylic acids is 1. The van der Waals surface area contributed by atoms with Gasteiger partial charge in [0.1, 0.15) is 17.5 Å². The molecule has 0 aliphatic carbocycles. The minimum Gasteiger partial charge on any atom is -0.382 e. The van der Waals surface area contributed by atoms with Crippen LogP contribution in [-0.2, 0) is 4.74 Å². The zero-order chi connectivity index (χ0) is 17.3. The number of hydrogen-bond acceptors (Lipinski definition) is 5. The van der Waals surface area contributed by atoms with Gasteiger partial charge in [-0.2, -0.15) is 10.4 Å². The molecule has 1 aromatic carbocycles. The van der Waals surface area contributed by atoms with Crippen molar-refractivity contribution in [1.82, 2.24) is 14.7 Å². The summed E-state index contributed by atoms with van der Waals surface area (Å²) in [5, 5.41) is 13.0. The molecule has 0 saturated carbocycles. The fourth-order valence-corrected chi connectivity index (χ4v) is 2.77. The molecule has 0 bridgehead atoms. The molecule has 124 valence electrons. The van der Waals surface area contributed by atoms with Crippen LogP contribution in [0.1, 0.15) is 29.8 Å². The van der Waals surface area contributed by atoms with Gasteiger partial charge in [0, 0.05) is 18.7 Å². The molecule has 1 aliphatic rings. The lowest BCUT2D eigenvalue weighted by Crippen LogP contribution is -2.50. The van der Waals surface area contributed by atoms with Crippen LogP contribution in [0, 0.1) is 11.3 Å². The minimum absolute atomic E-state index is 0.0240. The van der Waals surface area contributed by atoms with Crippen molar-refractivity contribution in [3.05, 3.63) is 41.6 Å². The highest BCUT2D eigenvalue weighted by Crippen LogP contribution is 2.20. The average molecular weight is 325 g/mol. The van der Waals surface area contributed by atoms with E-state index in [-0.39, 0.29) is 17.3 Å². The maximum absolute atomic E-state index is 12.6. The Morgan fingerprint density at radius 2 is 2.08 bits per heavy atom. The van der Waals surface area contributed by atoms with E-state index in [1.165, 1.54) is 10.9 Å². The van der Waals surface area contributed by atoms with E-state index in [2.05, 4.69) is 5.10 Å². The van der Waals surface area contributed by atoms with Crippen molar-refractivity contribution in [2.45, 2.75) is 19.4 Å². The van der Waals surface area contributed by atoms with E-state index in [9.17, 15) is 4.79 Å². The van der Waals surface area contributed by atoms with Crippen LogP contribution in [0.25, 0.3) is 5.69 Å². The van der Waals surface area contributed by atoms with Crippen molar-refractivity contribution in [3.8, 4) is 11.8 Å². The normalized spacial score (nSPS) is 16.6. The Morgan fingerprint density at radius 1 is 1.38 bits per heavy atom. The molecule has 2 aromatic rings. The highest BCUT2D eigenvalue weighted by Gasteiger charge is 2.30. The van der Waals surface area contributed by atoms with Crippen LogP contribution in [0.5, 0.6) is 0 Å². The summed E-state index contributed by atoms with van der Waals surface area (Å²) >= 11 is 0. The van der Waals surface area contributed by atoms with Crippen LogP contribution in [0.3, 0.4) is 0 Å². The Hall–Kier alpha value is -2.85. The second-order valence-corrected chi connectivity index (χ2v) is 6.35. The quantitative estimate of drug-likeness (QED) is 0.904. The molecule has 2 N–H and O–H groups in total. The van der Waals surface area contributed by atoms with Gasteiger partial charge in [0.15, 0.2) is 0 Å². The van der Waals surface area contributed by atoms with E-state index in [1.54, 1.807) is 29.2 Å². The fourth-order valence-electron chi connectivity index (χ4n) is 2.77. The predicted molar refractivity (Wildman–Crippen MR) is 88.6 cm³/mol. The van der Waals surface area contributed by atoms with E-state index in [0.717, 1.165) is 0 Å². The fraction of sp³-hybridized carbons (Fsp3) is 0.353. The first kappa shape index (κ1) is 16.0. The van der Waals surface area contributed by atoms with Crippen molar-refractivity contribution in [3.63, 3.8) is 0 Å². The number of nitrogens with two attached hydrogens (primary N) is 1.